The van der Waals surface area contributed by atoms with Gasteiger partial charge >= 0.3 is 5.97 Å². The second-order valence-electron chi connectivity index (χ2n) is 13.5. The van der Waals surface area contributed by atoms with Gasteiger partial charge in [0.2, 0.25) is 18.4 Å². The molecule has 5 rings (SSSR count). The summed E-state index contributed by atoms with van der Waals surface area (Å²) in [7, 11) is 8.00. The molecule has 3 atom stereocenters. The standard InChI is InChI=1S/C35H48N4O7/c1-6-7-14-36(15-10-17-39(2,3)4)31(40)22-38-21-27(25-18-29(44-5)33-30(19-25)45-23-46-33)32(35(42)43)28(38)13-16-37-20-24-11-8-9-12-26(24)34(37)41/h8-9,11-12,18-20,27-28,32H,6-7,10,13-17,21-23H2,1-5H3,(H-,41,42,43)/p+1/t27-,28+,32?/m1/s1. The van der Waals surface area contributed by atoms with Crippen molar-refractivity contribution in [3.8, 4) is 23.1 Å². The Bertz CT molecular complexity index is 1530. The Balaban J connectivity index is 1.44. The number of quaternary nitrogens is 1. The predicted octanol–water partition coefficient (Wildman–Crippen LogP) is 4.37. The van der Waals surface area contributed by atoms with Crippen LogP contribution in [0.25, 0.3) is 10.8 Å². The fraction of sp³-hybridized carbons (Fsp3) is 0.543. The number of aromatic nitrogens is 1. The lowest BCUT2D eigenvalue weighted by Crippen LogP contribution is -2.45. The SMILES string of the molecule is CCCCN(CCC[N+](C)(C)C)C(=O)CN1C[C@H](c2cc(OC)c3c(c2)OCO3)C(C(=O)O)[C@@H]1CCn1cc2ccccc2c1O. The van der Waals surface area contributed by atoms with Crippen LogP contribution in [0.1, 0.15) is 44.1 Å². The summed E-state index contributed by atoms with van der Waals surface area (Å²) in [6, 6.07) is 10.8. The average Bonchev–Trinajstić information content (AvgIpc) is 3.72. The molecule has 0 spiro atoms. The Hall–Kier alpha value is -3.96. The summed E-state index contributed by atoms with van der Waals surface area (Å²) >= 11 is 0. The molecule has 2 aliphatic rings. The van der Waals surface area contributed by atoms with E-state index in [1.165, 1.54) is 0 Å². The number of methoxy groups -OCH3 is 1. The van der Waals surface area contributed by atoms with E-state index in [0.717, 1.165) is 46.6 Å². The topological polar surface area (TPSA) is 114 Å². The number of rotatable bonds is 15. The number of hydrogen-bond donors (Lipinski definition) is 2. The lowest BCUT2D eigenvalue weighted by molar-refractivity contribution is -0.870. The summed E-state index contributed by atoms with van der Waals surface area (Å²) in [4.78, 5) is 31.0. The normalized spacial score (nSPS) is 19.5. The first-order chi connectivity index (χ1) is 22.0. The van der Waals surface area contributed by atoms with Gasteiger partial charge < -0.3 is 38.4 Å². The van der Waals surface area contributed by atoms with Gasteiger partial charge in [0.1, 0.15) is 0 Å². The van der Waals surface area contributed by atoms with Crippen LogP contribution >= 0.6 is 0 Å². The molecule has 0 saturated carbocycles. The minimum Gasteiger partial charge on any atom is -0.494 e. The van der Waals surface area contributed by atoms with Crippen molar-refractivity contribution < 1.29 is 38.5 Å². The van der Waals surface area contributed by atoms with E-state index >= 15 is 0 Å². The molecule has 1 fully saturated rings. The Morgan fingerprint density at radius 1 is 1.11 bits per heavy atom. The van der Waals surface area contributed by atoms with Crippen molar-refractivity contribution in [2.75, 3.05) is 67.8 Å². The van der Waals surface area contributed by atoms with Gasteiger partial charge in [-0.25, -0.2) is 0 Å². The largest absolute Gasteiger partial charge is 0.494 e. The highest BCUT2D eigenvalue weighted by Crippen LogP contribution is 2.47. The maximum Gasteiger partial charge on any atom is 0.308 e. The molecule has 2 aromatic carbocycles. The van der Waals surface area contributed by atoms with E-state index in [0.29, 0.717) is 49.8 Å². The predicted molar refractivity (Wildman–Crippen MR) is 176 cm³/mol. The summed E-state index contributed by atoms with van der Waals surface area (Å²) in [5, 5.41) is 23.3. The van der Waals surface area contributed by atoms with Gasteiger partial charge in [-0.3, -0.25) is 14.5 Å². The van der Waals surface area contributed by atoms with Crippen LogP contribution in [-0.4, -0.2) is 115 Å². The van der Waals surface area contributed by atoms with E-state index in [-0.39, 0.29) is 25.1 Å². The van der Waals surface area contributed by atoms with E-state index in [9.17, 15) is 19.8 Å². The number of amides is 1. The zero-order valence-electron chi connectivity index (χ0n) is 27.8. The molecule has 3 aromatic rings. The van der Waals surface area contributed by atoms with E-state index in [4.69, 9.17) is 14.2 Å². The minimum atomic E-state index is -0.922. The Kier molecular flexibility index (Phi) is 10.3. The molecule has 2 aliphatic heterocycles. The fourth-order valence-electron chi connectivity index (χ4n) is 6.91. The van der Waals surface area contributed by atoms with Gasteiger partial charge in [-0.1, -0.05) is 31.5 Å². The van der Waals surface area contributed by atoms with Crippen LogP contribution in [0.3, 0.4) is 0 Å². The molecule has 1 unspecified atom stereocenters. The minimum absolute atomic E-state index is 0.0162. The Labute approximate surface area is 271 Å². The molecule has 11 nitrogen and oxygen atoms in total. The second-order valence-corrected chi connectivity index (χ2v) is 13.5. The number of carbonyl (C=O) groups excluding carboxylic acids is 1. The first kappa shape index (κ1) is 33.4. The first-order valence-corrected chi connectivity index (χ1v) is 16.3. The number of likely N-dealkylation sites (tertiary alicyclic amines) is 1. The molecule has 0 aliphatic carbocycles. The molecule has 2 N–H and O–H groups in total. The molecule has 46 heavy (non-hydrogen) atoms. The lowest BCUT2D eigenvalue weighted by Gasteiger charge is -2.31. The Morgan fingerprint density at radius 3 is 2.57 bits per heavy atom. The zero-order chi connectivity index (χ0) is 33.0. The van der Waals surface area contributed by atoms with Crippen molar-refractivity contribution in [3.05, 3.63) is 48.2 Å². The summed E-state index contributed by atoms with van der Waals surface area (Å²) in [6.07, 6.45) is 5.12. The van der Waals surface area contributed by atoms with Gasteiger partial charge in [-0.2, -0.15) is 0 Å². The van der Waals surface area contributed by atoms with Gasteiger partial charge in [0.15, 0.2) is 17.4 Å². The maximum atomic E-state index is 14.0. The summed E-state index contributed by atoms with van der Waals surface area (Å²) in [5.41, 5.74) is 0.772. The van der Waals surface area contributed by atoms with Gasteiger partial charge in [0, 0.05) is 61.5 Å². The number of unbranched alkanes of at least 4 members (excludes halogenated alkanes) is 1. The Morgan fingerprint density at radius 2 is 1.87 bits per heavy atom. The fourth-order valence-corrected chi connectivity index (χ4v) is 6.91. The van der Waals surface area contributed by atoms with Crippen molar-refractivity contribution in [1.29, 1.82) is 0 Å². The molecule has 11 heteroatoms. The number of fused-ring (bicyclic) bond motifs is 2. The quantitative estimate of drug-likeness (QED) is 0.236. The summed E-state index contributed by atoms with van der Waals surface area (Å²) in [5.74, 6) is -0.440. The molecule has 1 amide bonds. The van der Waals surface area contributed by atoms with Crippen LogP contribution in [0.5, 0.6) is 23.1 Å². The van der Waals surface area contributed by atoms with E-state index < -0.39 is 23.8 Å². The first-order valence-electron chi connectivity index (χ1n) is 16.3. The van der Waals surface area contributed by atoms with Crippen molar-refractivity contribution in [1.82, 2.24) is 14.4 Å². The number of carboxylic acid groups (broad SMARTS) is 1. The van der Waals surface area contributed by atoms with Crippen molar-refractivity contribution in [2.24, 2.45) is 5.92 Å². The second kappa shape index (κ2) is 14.2. The van der Waals surface area contributed by atoms with Crippen molar-refractivity contribution in [3.63, 3.8) is 0 Å². The third kappa shape index (κ3) is 7.36. The van der Waals surface area contributed by atoms with Crippen LogP contribution in [-0.2, 0) is 16.1 Å². The number of ether oxygens (including phenoxy) is 3. The number of aryl methyl sites for hydroxylation is 1. The average molecular weight is 638 g/mol. The molecule has 1 saturated heterocycles. The third-order valence-corrected chi connectivity index (χ3v) is 9.31. The van der Waals surface area contributed by atoms with E-state index in [2.05, 4.69) is 28.1 Å². The van der Waals surface area contributed by atoms with Crippen LogP contribution in [0, 0.1) is 5.92 Å². The van der Waals surface area contributed by atoms with Crippen molar-refractivity contribution >= 4 is 22.6 Å². The lowest BCUT2D eigenvalue weighted by atomic mass is 9.84. The zero-order valence-corrected chi connectivity index (χ0v) is 27.8. The van der Waals surface area contributed by atoms with Crippen LogP contribution < -0.4 is 14.2 Å². The molecule has 3 heterocycles. The van der Waals surface area contributed by atoms with Crippen LogP contribution in [0.2, 0.25) is 0 Å². The number of nitrogens with zero attached hydrogens (tertiary/aromatic N) is 4. The third-order valence-electron chi connectivity index (χ3n) is 9.31. The van der Waals surface area contributed by atoms with Crippen molar-refractivity contribution in [2.45, 2.75) is 51.1 Å². The highest BCUT2D eigenvalue weighted by Gasteiger charge is 2.47. The smallest absolute Gasteiger partial charge is 0.308 e. The molecule has 1 aromatic heterocycles. The van der Waals surface area contributed by atoms with Gasteiger partial charge in [-0.15, -0.1) is 0 Å². The summed E-state index contributed by atoms with van der Waals surface area (Å²) in [6.45, 7) is 5.40. The van der Waals surface area contributed by atoms with E-state index in [1.54, 1.807) is 11.7 Å². The molecule has 0 radical (unpaired) electrons. The molecule has 250 valence electrons. The monoisotopic (exact) mass is 637 g/mol. The van der Waals surface area contributed by atoms with Crippen LogP contribution in [0.15, 0.2) is 42.6 Å². The van der Waals surface area contributed by atoms with Gasteiger partial charge in [0.25, 0.3) is 0 Å². The maximum absolute atomic E-state index is 14.0. The number of carbonyl (C=O) groups is 2. The number of carboxylic acids is 1. The van der Waals surface area contributed by atoms with Gasteiger partial charge in [0.05, 0.1) is 47.3 Å². The highest BCUT2D eigenvalue weighted by molar-refractivity contribution is 5.87. The van der Waals surface area contributed by atoms with E-state index in [1.807, 2.05) is 52.4 Å². The van der Waals surface area contributed by atoms with Crippen LogP contribution in [0.4, 0.5) is 0 Å². The number of aromatic hydroxyl groups is 1. The summed E-state index contributed by atoms with van der Waals surface area (Å²) < 4.78 is 19.5. The number of hydrogen-bond acceptors (Lipinski definition) is 7. The molecular formula is C35H49N4O7+. The molecular weight excluding hydrogens is 588 g/mol. The number of benzene rings is 2. The number of aliphatic carboxylic acids is 1. The molecule has 0 bridgehead atoms. The highest BCUT2D eigenvalue weighted by atomic mass is 16.7. The van der Waals surface area contributed by atoms with Gasteiger partial charge in [-0.05, 0) is 36.6 Å².